The van der Waals surface area contributed by atoms with Crippen LogP contribution in [0.1, 0.15) is 11.1 Å². The molecule has 29 heavy (non-hydrogen) atoms. The molecule has 0 saturated carbocycles. The maximum Gasteiger partial charge on any atom is 0.230 e. The predicted molar refractivity (Wildman–Crippen MR) is 114 cm³/mol. The Morgan fingerprint density at radius 2 is 1.72 bits per heavy atom. The van der Waals surface area contributed by atoms with E-state index in [0.29, 0.717) is 23.1 Å². The van der Waals surface area contributed by atoms with E-state index >= 15 is 0 Å². The van der Waals surface area contributed by atoms with Crippen molar-refractivity contribution in [3.63, 3.8) is 0 Å². The first-order valence-electron chi connectivity index (χ1n) is 9.10. The van der Waals surface area contributed by atoms with Crippen LogP contribution in [-0.4, -0.2) is 36.1 Å². The molecule has 0 bridgehead atoms. The zero-order valence-electron chi connectivity index (χ0n) is 16.6. The van der Waals surface area contributed by atoms with Gasteiger partial charge in [-0.15, -0.1) is 10.2 Å². The van der Waals surface area contributed by atoms with Crippen LogP contribution in [0.2, 0.25) is 0 Å². The van der Waals surface area contributed by atoms with Crippen molar-refractivity contribution in [2.24, 2.45) is 0 Å². The summed E-state index contributed by atoms with van der Waals surface area (Å²) >= 11 is 1.35. The van der Waals surface area contributed by atoms with Gasteiger partial charge in [-0.05, 0) is 42.8 Å². The van der Waals surface area contributed by atoms with E-state index in [2.05, 4.69) is 15.5 Å². The summed E-state index contributed by atoms with van der Waals surface area (Å²) in [6, 6.07) is 17.4. The van der Waals surface area contributed by atoms with Crippen molar-refractivity contribution < 1.29 is 14.3 Å². The largest absolute Gasteiger partial charge is 0.493 e. The summed E-state index contributed by atoms with van der Waals surface area (Å²) in [5, 5.41) is 12.1. The average molecular weight is 410 g/mol. The third-order valence-corrected chi connectivity index (χ3v) is 5.20. The summed E-state index contributed by atoms with van der Waals surface area (Å²) in [6.45, 7) is 2.56. The number of carbonyl (C=O) groups is 1. The lowest BCUT2D eigenvalue weighted by atomic mass is 10.1. The van der Waals surface area contributed by atoms with E-state index in [1.165, 1.54) is 17.3 Å². The monoisotopic (exact) mass is 409 g/mol. The first-order chi connectivity index (χ1) is 14.1. The van der Waals surface area contributed by atoms with Crippen LogP contribution in [0.5, 0.6) is 11.5 Å². The SMILES string of the molecule is COc1ccc(-c2ccc(SCC(=O)NCc3ccc(C)cc3)nn2)cc1OC. The summed E-state index contributed by atoms with van der Waals surface area (Å²) in [4.78, 5) is 12.1. The maximum absolute atomic E-state index is 12.1. The van der Waals surface area contributed by atoms with Crippen LogP contribution in [0.15, 0.2) is 59.6 Å². The van der Waals surface area contributed by atoms with Gasteiger partial charge in [0, 0.05) is 12.1 Å². The van der Waals surface area contributed by atoms with Gasteiger partial charge in [0.2, 0.25) is 5.91 Å². The molecule has 0 aliphatic rings. The second-order valence-electron chi connectivity index (χ2n) is 6.38. The first kappa shape index (κ1) is 20.7. The Hall–Kier alpha value is -3.06. The lowest BCUT2D eigenvalue weighted by Gasteiger charge is -2.09. The van der Waals surface area contributed by atoms with Gasteiger partial charge in [-0.2, -0.15) is 0 Å². The second kappa shape index (κ2) is 9.93. The Labute approximate surface area is 174 Å². The molecule has 0 unspecified atom stereocenters. The Bertz CT molecular complexity index is 960. The Balaban J connectivity index is 1.54. The molecule has 0 fully saturated rings. The fraction of sp³-hybridized carbons (Fsp3) is 0.227. The highest BCUT2D eigenvalue weighted by Crippen LogP contribution is 2.31. The van der Waals surface area contributed by atoms with Gasteiger partial charge in [0.25, 0.3) is 0 Å². The molecular weight excluding hydrogens is 386 g/mol. The normalized spacial score (nSPS) is 10.4. The molecule has 0 aliphatic heterocycles. The van der Waals surface area contributed by atoms with Gasteiger partial charge >= 0.3 is 0 Å². The van der Waals surface area contributed by atoms with Gasteiger partial charge in [0.1, 0.15) is 5.03 Å². The van der Waals surface area contributed by atoms with Crippen LogP contribution in [0.25, 0.3) is 11.3 Å². The van der Waals surface area contributed by atoms with Gasteiger partial charge in [0.05, 0.1) is 25.7 Å². The quantitative estimate of drug-likeness (QED) is 0.569. The highest BCUT2D eigenvalue weighted by Gasteiger charge is 2.09. The third kappa shape index (κ3) is 5.71. The molecule has 1 heterocycles. The van der Waals surface area contributed by atoms with Crippen LogP contribution in [-0.2, 0) is 11.3 Å². The summed E-state index contributed by atoms with van der Waals surface area (Å²) in [5.74, 6) is 1.54. The molecule has 1 aromatic heterocycles. The zero-order chi connectivity index (χ0) is 20.6. The van der Waals surface area contributed by atoms with Crippen LogP contribution < -0.4 is 14.8 Å². The average Bonchev–Trinajstić information content (AvgIpc) is 2.77. The summed E-state index contributed by atoms with van der Waals surface area (Å²) in [5.41, 5.74) is 3.88. The van der Waals surface area contributed by atoms with Crippen molar-refractivity contribution in [1.82, 2.24) is 15.5 Å². The molecule has 7 heteroatoms. The number of rotatable bonds is 8. The molecule has 1 amide bonds. The minimum absolute atomic E-state index is 0.0404. The molecule has 0 radical (unpaired) electrons. The van der Waals surface area contributed by atoms with E-state index < -0.39 is 0 Å². The fourth-order valence-corrected chi connectivity index (χ4v) is 3.29. The fourth-order valence-electron chi connectivity index (χ4n) is 2.64. The minimum atomic E-state index is -0.0404. The van der Waals surface area contributed by atoms with Crippen molar-refractivity contribution in [1.29, 1.82) is 0 Å². The lowest BCUT2D eigenvalue weighted by molar-refractivity contribution is -0.118. The van der Waals surface area contributed by atoms with Crippen LogP contribution >= 0.6 is 11.8 Å². The van der Waals surface area contributed by atoms with E-state index in [-0.39, 0.29) is 11.7 Å². The topological polar surface area (TPSA) is 73.3 Å². The van der Waals surface area contributed by atoms with Crippen LogP contribution in [0.4, 0.5) is 0 Å². The van der Waals surface area contributed by atoms with Gasteiger partial charge in [-0.25, -0.2) is 0 Å². The van der Waals surface area contributed by atoms with Crippen molar-refractivity contribution in [2.75, 3.05) is 20.0 Å². The summed E-state index contributed by atoms with van der Waals surface area (Å²) < 4.78 is 10.6. The van der Waals surface area contributed by atoms with Gasteiger partial charge < -0.3 is 14.8 Å². The number of amides is 1. The molecule has 0 spiro atoms. The van der Waals surface area contributed by atoms with E-state index in [1.807, 2.05) is 61.5 Å². The molecule has 6 nitrogen and oxygen atoms in total. The Kier molecular flexibility index (Phi) is 7.08. The zero-order valence-corrected chi connectivity index (χ0v) is 17.5. The molecular formula is C22H23N3O3S. The van der Waals surface area contributed by atoms with E-state index in [0.717, 1.165) is 16.8 Å². The number of aryl methyl sites for hydroxylation is 1. The van der Waals surface area contributed by atoms with Gasteiger partial charge in [-0.1, -0.05) is 41.6 Å². The van der Waals surface area contributed by atoms with Crippen molar-refractivity contribution >= 4 is 17.7 Å². The standard InChI is InChI=1S/C22H23N3O3S/c1-15-4-6-16(7-5-15)13-23-21(26)14-29-22-11-9-18(24-25-22)17-8-10-19(27-2)20(12-17)28-3/h4-12H,13-14H2,1-3H3,(H,23,26). The van der Waals surface area contributed by atoms with E-state index in [4.69, 9.17) is 9.47 Å². The lowest BCUT2D eigenvalue weighted by Crippen LogP contribution is -2.24. The van der Waals surface area contributed by atoms with E-state index in [9.17, 15) is 4.79 Å². The Morgan fingerprint density at radius 1 is 0.966 bits per heavy atom. The third-order valence-electron chi connectivity index (χ3n) is 4.28. The number of nitrogens with zero attached hydrogens (tertiary/aromatic N) is 2. The van der Waals surface area contributed by atoms with Crippen LogP contribution in [0.3, 0.4) is 0 Å². The molecule has 2 aromatic carbocycles. The number of hydrogen-bond acceptors (Lipinski definition) is 6. The smallest absolute Gasteiger partial charge is 0.230 e. The number of aromatic nitrogens is 2. The van der Waals surface area contributed by atoms with Crippen molar-refractivity contribution in [2.45, 2.75) is 18.5 Å². The molecule has 0 saturated heterocycles. The molecule has 0 aliphatic carbocycles. The number of carbonyl (C=O) groups excluding carboxylic acids is 1. The Morgan fingerprint density at radius 3 is 2.38 bits per heavy atom. The van der Waals surface area contributed by atoms with Gasteiger partial charge in [0.15, 0.2) is 11.5 Å². The number of thioether (sulfide) groups is 1. The molecule has 3 aromatic rings. The van der Waals surface area contributed by atoms with Crippen molar-refractivity contribution in [3.05, 3.63) is 65.7 Å². The number of benzene rings is 2. The maximum atomic E-state index is 12.1. The molecule has 1 N–H and O–H groups in total. The number of ether oxygens (including phenoxy) is 2. The number of hydrogen-bond donors (Lipinski definition) is 1. The summed E-state index contributed by atoms with van der Waals surface area (Å²) in [6.07, 6.45) is 0. The highest BCUT2D eigenvalue weighted by molar-refractivity contribution is 7.99. The van der Waals surface area contributed by atoms with Crippen molar-refractivity contribution in [3.8, 4) is 22.8 Å². The summed E-state index contributed by atoms with van der Waals surface area (Å²) in [7, 11) is 3.19. The molecule has 3 rings (SSSR count). The minimum Gasteiger partial charge on any atom is -0.493 e. The van der Waals surface area contributed by atoms with E-state index in [1.54, 1.807) is 14.2 Å². The first-order valence-corrected chi connectivity index (χ1v) is 10.1. The van der Waals surface area contributed by atoms with Crippen LogP contribution in [0, 0.1) is 6.92 Å². The predicted octanol–water partition coefficient (Wildman–Crippen LogP) is 3.88. The highest BCUT2D eigenvalue weighted by atomic mass is 32.2. The number of nitrogens with one attached hydrogen (secondary N) is 1. The van der Waals surface area contributed by atoms with Gasteiger partial charge in [-0.3, -0.25) is 4.79 Å². The molecule has 150 valence electrons. The molecule has 0 atom stereocenters. The number of methoxy groups -OCH3 is 2. The second-order valence-corrected chi connectivity index (χ2v) is 7.37.